The van der Waals surface area contributed by atoms with Gasteiger partial charge in [0, 0.05) is 25.8 Å². The second-order valence-corrected chi connectivity index (χ2v) is 5.50. The van der Waals surface area contributed by atoms with Crippen LogP contribution in [0, 0.1) is 0 Å². The molecule has 0 aromatic carbocycles. The van der Waals surface area contributed by atoms with E-state index >= 15 is 0 Å². The van der Waals surface area contributed by atoms with E-state index < -0.39 is 0 Å². The second-order valence-electron chi connectivity index (χ2n) is 5.50. The van der Waals surface area contributed by atoms with Gasteiger partial charge in [-0.2, -0.15) is 5.10 Å². The first-order chi connectivity index (χ1) is 9.84. The van der Waals surface area contributed by atoms with E-state index in [9.17, 15) is 4.79 Å². The highest BCUT2D eigenvalue weighted by Crippen LogP contribution is 2.29. The van der Waals surface area contributed by atoms with Crippen molar-refractivity contribution < 1.29 is 9.53 Å². The highest BCUT2D eigenvalue weighted by Gasteiger charge is 2.29. The summed E-state index contributed by atoms with van der Waals surface area (Å²) in [5.74, 6) is 0.228. The molecule has 2 aliphatic rings. The number of piperidine rings is 1. The molecule has 6 heteroatoms. The van der Waals surface area contributed by atoms with E-state index in [-0.39, 0.29) is 11.9 Å². The molecule has 2 saturated heterocycles. The molecule has 6 nitrogen and oxygen atoms in total. The minimum absolute atomic E-state index is 0.166. The van der Waals surface area contributed by atoms with Crippen LogP contribution in [0.2, 0.25) is 0 Å². The maximum absolute atomic E-state index is 12.6. The Morgan fingerprint density at radius 3 is 2.95 bits per heavy atom. The lowest BCUT2D eigenvalue weighted by molar-refractivity contribution is -0.137. The predicted molar refractivity (Wildman–Crippen MR) is 74.2 cm³/mol. The quantitative estimate of drug-likeness (QED) is 0.888. The highest BCUT2D eigenvalue weighted by atomic mass is 16.5. The molecule has 2 fully saturated rings. The van der Waals surface area contributed by atoms with E-state index in [0.717, 1.165) is 51.4 Å². The number of rotatable bonds is 3. The van der Waals surface area contributed by atoms with Crippen molar-refractivity contribution in [3.05, 3.63) is 18.0 Å². The number of morpholine rings is 1. The van der Waals surface area contributed by atoms with Crippen LogP contribution >= 0.6 is 0 Å². The van der Waals surface area contributed by atoms with E-state index in [1.807, 2.05) is 11.0 Å². The predicted octanol–water partition coefficient (Wildman–Crippen LogP) is 0.795. The average Bonchev–Trinajstić information content (AvgIpc) is 3.02. The third-order valence-corrected chi connectivity index (χ3v) is 4.17. The van der Waals surface area contributed by atoms with Gasteiger partial charge >= 0.3 is 0 Å². The summed E-state index contributed by atoms with van der Waals surface area (Å²) in [6, 6.07) is 2.14. The lowest BCUT2D eigenvalue weighted by Gasteiger charge is -2.37. The molecule has 0 bridgehead atoms. The van der Waals surface area contributed by atoms with E-state index in [1.165, 1.54) is 6.42 Å². The number of nitrogens with zero attached hydrogens (tertiary/aromatic N) is 3. The first-order valence-electron chi connectivity index (χ1n) is 7.43. The topological polar surface area (TPSA) is 61.5 Å². The Bertz CT molecular complexity index is 428. The number of H-pyrrole nitrogens is 1. The Labute approximate surface area is 119 Å². The molecule has 1 atom stereocenters. The van der Waals surface area contributed by atoms with Gasteiger partial charge in [0.25, 0.3) is 0 Å². The summed E-state index contributed by atoms with van der Waals surface area (Å²) in [6.45, 7) is 4.54. The summed E-state index contributed by atoms with van der Waals surface area (Å²) in [4.78, 5) is 16.8. The van der Waals surface area contributed by atoms with Gasteiger partial charge in [0.1, 0.15) is 0 Å². The Morgan fingerprint density at radius 1 is 1.35 bits per heavy atom. The lowest BCUT2D eigenvalue weighted by Crippen LogP contribution is -2.47. The molecule has 110 valence electrons. The first kappa shape index (κ1) is 13.6. The molecule has 1 amide bonds. The molecule has 1 N–H and O–H groups in total. The Balaban J connectivity index is 1.64. The van der Waals surface area contributed by atoms with Crippen LogP contribution in [0.3, 0.4) is 0 Å². The largest absolute Gasteiger partial charge is 0.379 e. The first-order valence-corrected chi connectivity index (χ1v) is 7.43. The highest BCUT2D eigenvalue weighted by molar-refractivity contribution is 5.78. The van der Waals surface area contributed by atoms with E-state index in [2.05, 4.69) is 15.1 Å². The summed E-state index contributed by atoms with van der Waals surface area (Å²) in [7, 11) is 0. The third kappa shape index (κ3) is 3.02. The number of nitrogens with one attached hydrogen (secondary N) is 1. The molecular weight excluding hydrogens is 256 g/mol. The maximum Gasteiger partial charge on any atom is 0.237 e. The number of carbonyl (C=O) groups excluding carboxylic acids is 1. The van der Waals surface area contributed by atoms with Crippen LogP contribution < -0.4 is 0 Å². The molecule has 0 spiro atoms. The van der Waals surface area contributed by atoms with Crippen LogP contribution in [0.1, 0.15) is 31.0 Å². The number of aromatic amines is 1. The standard InChI is InChI=1S/C14H22N4O2/c19-14(11-17-7-9-20-10-8-17)18-6-2-1-3-13(18)12-4-5-15-16-12/h4-5,13H,1-3,6-11H2,(H,15,16)/t13-/m0/s1. The van der Waals surface area contributed by atoms with Gasteiger partial charge in [0.05, 0.1) is 31.5 Å². The van der Waals surface area contributed by atoms with Gasteiger partial charge in [0.2, 0.25) is 5.91 Å². The van der Waals surface area contributed by atoms with Gasteiger partial charge in [0.15, 0.2) is 0 Å². The van der Waals surface area contributed by atoms with Crippen LogP contribution in [-0.4, -0.2) is 65.3 Å². The number of ether oxygens (including phenoxy) is 1. The molecule has 0 saturated carbocycles. The van der Waals surface area contributed by atoms with Gasteiger partial charge in [-0.05, 0) is 25.3 Å². The van der Waals surface area contributed by atoms with Gasteiger partial charge in [-0.25, -0.2) is 0 Å². The second kappa shape index (κ2) is 6.37. The third-order valence-electron chi connectivity index (χ3n) is 4.17. The van der Waals surface area contributed by atoms with Gasteiger partial charge < -0.3 is 9.64 Å². The Morgan fingerprint density at radius 2 is 2.20 bits per heavy atom. The summed E-state index contributed by atoms with van der Waals surface area (Å²) < 4.78 is 5.33. The molecule has 3 rings (SSSR count). The number of carbonyl (C=O) groups is 1. The van der Waals surface area contributed by atoms with Crippen LogP contribution in [0.5, 0.6) is 0 Å². The van der Waals surface area contributed by atoms with E-state index in [1.54, 1.807) is 6.20 Å². The Kier molecular flexibility index (Phi) is 4.32. The summed E-state index contributed by atoms with van der Waals surface area (Å²) in [5, 5.41) is 7.03. The summed E-state index contributed by atoms with van der Waals surface area (Å²) >= 11 is 0. The average molecular weight is 278 g/mol. The molecule has 1 aromatic rings. The van der Waals surface area contributed by atoms with E-state index in [0.29, 0.717) is 6.54 Å². The van der Waals surface area contributed by atoms with Crippen molar-refractivity contribution in [2.45, 2.75) is 25.3 Å². The minimum Gasteiger partial charge on any atom is -0.379 e. The number of hydrogen-bond donors (Lipinski definition) is 1. The van der Waals surface area contributed by atoms with Crippen molar-refractivity contribution in [3.63, 3.8) is 0 Å². The Hall–Kier alpha value is -1.40. The van der Waals surface area contributed by atoms with Crippen molar-refractivity contribution in [2.75, 3.05) is 39.4 Å². The zero-order valence-corrected chi connectivity index (χ0v) is 11.8. The van der Waals surface area contributed by atoms with Crippen molar-refractivity contribution in [1.29, 1.82) is 0 Å². The van der Waals surface area contributed by atoms with Crippen molar-refractivity contribution in [1.82, 2.24) is 20.0 Å². The minimum atomic E-state index is 0.166. The number of likely N-dealkylation sites (tertiary alicyclic amines) is 1. The zero-order valence-electron chi connectivity index (χ0n) is 11.8. The molecule has 1 aromatic heterocycles. The van der Waals surface area contributed by atoms with Crippen LogP contribution in [-0.2, 0) is 9.53 Å². The SMILES string of the molecule is O=C(CN1CCOCC1)N1CCCC[C@H]1c1ccn[nH]1. The fraction of sp³-hybridized carbons (Fsp3) is 0.714. The molecular formula is C14H22N4O2. The van der Waals surface area contributed by atoms with E-state index in [4.69, 9.17) is 4.74 Å². The fourth-order valence-electron chi connectivity index (χ4n) is 3.05. The summed E-state index contributed by atoms with van der Waals surface area (Å²) in [5.41, 5.74) is 1.06. The molecule has 20 heavy (non-hydrogen) atoms. The van der Waals surface area contributed by atoms with Crippen LogP contribution in [0.4, 0.5) is 0 Å². The molecule has 3 heterocycles. The van der Waals surface area contributed by atoms with Crippen LogP contribution in [0.25, 0.3) is 0 Å². The van der Waals surface area contributed by atoms with Crippen LogP contribution in [0.15, 0.2) is 12.3 Å². The normalized spacial score (nSPS) is 24.8. The fourth-order valence-corrected chi connectivity index (χ4v) is 3.05. The van der Waals surface area contributed by atoms with Gasteiger partial charge in [-0.15, -0.1) is 0 Å². The maximum atomic E-state index is 12.6. The molecule has 0 unspecified atom stereocenters. The summed E-state index contributed by atoms with van der Waals surface area (Å²) in [6.07, 6.45) is 5.05. The van der Waals surface area contributed by atoms with Gasteiger partial charge in [-0.1, -0.05) is 0 Å². The zero-order chi connectivity index (χ0) is 13.8. The molecule has 0 aliphatic carbocycles. The van der Waals surface area contributed by atoms with Crippen molar-refractivity contribution in [2.24, 2.45) is 0 Å². The number of aromatic nitrogens is 2. The van der Waals surface area contributed by atoms with Crippen molar-refractivity contribution >= 4 is 5.91 Å². The molecule has 0 radical (unpaired) electrons. The van der Waals surface area contributed by atoms with Crippen molar-refractivity contribution in [3.8, 4) is 0 Å². The smallest absolute Gasteiger partial charge is 0.237 e. The monoisotopic (exact) mass is 278 g/mol. The van der Waals surface area contributed by atoms with Gasteiger partial charge in [-0.3, -0.25) is 14.8 Å². The number of hydrogen-bond acceptors (Lipinski definition) is 4. The lowest BCUT2D eigenvalue weighted by atomic mass is 9.99. The number of amides is 1. The molecule has 2 aliphatic heterocycles.